The minimum atomic E-state index is -0.323. The van der Waals surface area contributed by atoms with E-state index in [0.717, 1.165) is 19.3 Å². The molecule has 3 fully saturated rings. The van der Waals surface area contributed by atoms with Crippen LogP contribution in [-0.2, 0) is 14.3 Å². The first-order chi connectivity index (χ1) is 7.72. The van der Waals surface area contributed by atoms with E-state index in [1.165, 1.54) is 19.3 Å². The van der Waals surface area contributed by atoms with Crippen LogP contribution in [0.1, 0.15) is 44.9 Å². The summed E-state index contributed by atoms with van der Waals surface area (Å²) in [4.78, 5) is 11.3. The molecule has 3 rings (SSSR count). The maximum absolute atomic E-state index is 11.3. The van der Waals surface area contributed by atoms with E-state index >= 15 is 0 Å². The summed E-state index contributed by atoms with van der Waals surface area (Å²) in [6.07, 6.45) is 7.16. The lowest BCUT2D eigenvalue weighted by molar-refractivity contribution is -0.300. The molecule has 0 bridgehead atoms. The van der Waals surface area contributed by atoms with Crippen molar-refractivity contribution in [3.8, 4) is 0 Å². The summed E-state index contributed by atoms with van der Waals surface area (Å²) in [5.74, 6) is -0.191. The molecule has 1 N–H and O–H groups in total. The Morgan fingerprint density at radius 3 is 2.25 bits per heavy atom. The summed E-state index contributed by atoms with van der Waals surface area (Å²) in [7, 11) is 0. The van der Waals surface area contributed by atoms with Gasteiger partial charge in [0.1, 0.15) is 0 Å². The molecule has 1 saturated carbocycles. The van der Waals surface area contributed by atoms with Crippen LogP contribution in [0.5, 0.6) is 0 Å². The van der Waals surface area contributed by atoms with Gasteiger partial charge in [-0.2, -0.15) is 0 Å². The molecular formula is C12H19NO3. The monoisotopic (exact) mass is 225 g/mol. The van der Waals surface area contributed by atoms with E-state index in [9.17, 15) is 4.79 Å². The van der Waals surface area contributed by atoms with Crippen molar-refractivity contribution in [1.82, 2.24) is 5.32 Å². The van der Waals surface area contributed by atoms with Gasteiger partial charge in [-0.15, -0.1) is 0 Å². The van der Waals surface area contributed by atoms with Gasteiger partial charge in [-0.3, -0.25) is 4.79 Å². The number of hydrogen-bond acceptors (Lipinski definition) is 3. The van der Waals surface area contributed by atoms with E-state index < -0.39 is 0 Å². The van der Waals surface area contributed by atoms with Crippen molar-refractivity contribution in [1.29, 1.82) is 0 Å². The van der Waals surface area contributed by atoms with Crippen molar-refractivity contribution in [2.45, 2.75) is 56.3 Å². The van der Waals surface area contributed by atoms with Gasteiger partial charge in [0.15, 0.2) is 5.79 Å². The number of rotatable bonds is 0. The Balaban J connectivity index is 1.65. The molecule has 0 aromatic rings. The molecular weight excluding hydrogens is 206 g/mol. The first-order valence-electron chi connectivity index (χ1n) is 6.31. The molecule has 4 heteroatoms. The Bertz CT molecular complexity index is 287. The molecule has 16 heavy (non-hydrogen) atoms. The first-order valence-corrected chi connectivity index (χ1v) is 6.31. The van der Waals surface area contributed by atoms with E-state index in [1.807, 2.05) is 0 Å². The molecule has 1 amide bonds. The van der Waals surface area contributed by atoms with E-state index in [-0.39, 0.29) is 17.2 Å². The van der Waals surface area contributed by atoms with Gasteiger partial charge in [0.05, 0.1) is 18.8 Å². The third-order valence-electron chi connectivity index (χ3n) is 4.07. The Labute approximate surface area is 95.7 Å². The van der Waals surface area contributed by atoms with Gasteiger partial charge in [0, 0.05) is 19.3 Å². The van der Waals surface area contributed by atoms with Crippen molar-refractivity contribution in [3.05, 3.63) is 0 Å². The molecule has 2 heterocycles. The zero-order chi connectivity index (χ0) is 11.1. The van der Waals surface area contributed by atoms with Crippen LogP contribution in [0, 0.1) is 0 Å². The molecule has 3 aliphatic rings. The van der Waals surface area contributed by atoms with Gasteiger partial charge in [0.25, 0.3) is 0 Å². The molecule has 0 aromatic heterocycles. The second kappa shape index (κ2) is 3.70. The van der Waals surface area contributed by atoms with E-state index in [0.29, 0.717) is 19.6 Å². The zero-order valence-corrected chi connectivity index (χ0v) is 9.59. The predicted octanol–water partition coefficient (Wildman–Crippen LogP) is 1.34. The van der Waals surface area contributed by atoms with Crippen molar-refractivity contribution >= 4 is 5.91 Å². The molecule has 4 nitrogen and oxygen atoms in total. The maximum Gasteiger partial charge on any atom is 0.220 e. The summed E-state index contributed by atoms with van der Waals surface area (Å²) in [5, 5.41) is 3.00. The van der Waals surface area contributed by atoms with Crippen LogP contribution in [0.2, 0.25) is 0 Å². The minimum Gasteiger partial charge on any atom is -0.347 e. The lowest BCUT2D eigenvalue weighted by atomic mass is 9.91. The Morgan fingerprint density at radius 2 is 1.69 bits per heavy atom. The standard InChI is InChI=1S/C12H19NO3/c14-10-4-7-11(13-10)8-15-12(16-9-11)5-2-1-3-6-12/h1-9H2,(H,13,14). The van der Waals surface area contributed by atoms with Gasteiger partial charge in [-0.25, -0.2) is 0 Å². The minimum absolute atomic E-state index is 0.131. The largest absolute Gasteiger partial charge is 0.347 e. The van der Waals surface area contributed by atoms with E-state index in [4.69, 9.17) is 9.47 Å². The van der Waals surface area contributed by atoms with Gasteiger partial charge >= 0.3 is 0 Å². The average molecular weight is 225 g/mol. The van der Waals surface area contributed by atoms with Gasteiger partial charge < -0.3 is 14.8 Å². The molecule has 0 radical (unpaired) electrons. The van der Waals surface area contributed by atoms with Crippen LogP contribution >= 0.6 is 0 Å². The van der Waals surface area contributed by atoms with Crippen LogP contribution < -0.4 is 5.32 Å². The Morgan fingerprint density at radius 1 is 1.00 bits per heavy atom. The maximum atomic E-state index is 11.3. The topological polar surface area (TPSA) is 47.6 Å². The highest BCUT2D eigenvalue weighted by Crippen LogP contribution is 2.38. The molecule has 1 aliphatic carbocycles. The predicted molar refractivity (Wildman–Crippen MR) is 57.8 cm³/mol. The molecule has 2 saturated heterocycles. The molecule has 0 unspecified atom stereocenters. The van der Waals surface area contributed by atoms with Gasteiger partial charge in [-0.05, 0) is 19.3 Å². The Hall–Kier alpha value is -0.610. The molecule has 2 spiro atoms. The molecule has 2 aliphatic heterocycles. The number of ether oxygens (including phenoxy) is 2. The second-order valence-electron chi connectivity index (χ2n) is 5.38. The van der Waals surface area contributed by atoms with Crippen LogP contribution in [0.4, 0.5) is 0 Å². The number of nitrogens with one attached hydrogen (secondary N) is 1. The molecule has 90 valence electrons. The third kappa shape index (κ3) is 1.74. The van der Waals surface area contributed by atoms with Gasteiger partial charge in [-0.1, -0.05) is 6.42 Å². The van der Waals surface area contributed by atoms with Crippen molar-refractivity contribution in [2.24, 2.45) is 0 Å². The van der Waals surface area contributed by atoms with Crippen LogP contribution in [0.3, 0.4) is 0 Å². The second-order valence-corrected chi connectivity index (χ2v) is 5.38. The third-order valence-corrected chi connectivity index (χ3v) is 4.07. The lowest BCUT2D eigenvalue weighted by Crippen LogP contribution is -2.59. The Kier molecular flexibility index (Phi) is 2.44. The van der Waals surface area contributed by atoms with Crippen molar-refractivity contribution in [2.75, 3.05) is 13.2 Å². The summed E-state index contributed by atoms with van der Waals surface area (Å²) < 4.78 is 11.9. The molecule has 0 atom stereocenters. The fourth-order valence-corrected chi connectivity index (χ4v) is 2.99. The van der Waals surface area contributed by atoms with E-state index in [1.54, 1.807) is 0 Å². The summed E-state index contributed by atoms with van der Waals surface area (Å²) >= 11 is 0. The summed E-state index contributed by atoms with van der Waals surface area (Å²) in [6, 6.07) is 0. The number of carbonyl (C=O) groups excluding carboxylic acids is 1. The van der Waals surface area contributed by atoms with Gasteiger partial charge in [0.2, 0.25) is 5.91 Å². The quantitative estimate of drug-likeness (QED) is 0.677. The number of hydrogen-bond donors (Lipinski definition) is 1. The van der Waals surface area contributed by atoms with E-state index in [2.05, 4.69) is 5.32 Å². The number of carbonyl (C=O) groups is 1. The van der Waals surface area contributed by atoms with Crippen LogP contribution in [0.25, 0.3) is 0 Å². The van der Waals surface area contributed by atoms with Crippen LogP contribution in [-0.4, -0.2) is 30.4 Å². The first kappa shape index (κ1) is 10.5. The normalized spacial score (nSPS) is 31.9. The fraction of sp³-hybridized carbons (Fsp3) is 0.917. The summed E-state index contributed by atoms with van der Waals surface area (Å²) in [5.41, 5.74) is -0.222. The average Bonchev–Trinajstić information content (AvgIpc) is 2.67. The summed E-state index contributed by atoms with van der Waals surface area (Å²) in [6.45, 7) is 1.25. The highest BCUT2D eigenvalue weighted by molar-refractivity contribution is 5.79. The zero-order valence-electron chi connectivity index (χ0n) is 9.59. The fourth-order valence-electron chi connectivity index (χ4n) is 2.99. The smallest absolute Gasteiger partial charge is 0.220 e. The number of amides is 1. The van der Waals surface area contributed by atoms with Crippen molar-refractivity contribution < 1.29 is 14.3 Å². The van der Waals surface area contributed by atoms with Crippen LogP contribution in [0.15, 0.2) is 0 Å². The SMILES string of the molecule is O=C1CCC2(COC3(CCCCC3)OC2)N1. The van der Waals surface area contributed by atoms with Crippen molar-refractivity contribution in [3.63, 3.8) is 0 Å². The molecule has 0 aromatic carbocycles. The highest BCUT2D eigenvalue weighted by Gasteiger charge is 2.48. The highest BCUT2D eigenvalue weighted by atomic mass is 16.7. The lowest BCUT2D eigenvalue weighted by Gasteiger charge is -2.46.